The molecular formula is C58H39N3. The van der Waals surface area contributed by atoms with Gasteiger partial charge in [0.1, 0.15) is 5.69 Å². The van der Waals surface area contributed by atoms with Crippen LogP contribution in [0.2, 0.25) is 0 Å². The molecule has 0 spiro atoms. The lowest BCUT2D eigenvalue weighted by Crippen LogP contribution is -1.96. The van der Waals surface area contributed by atoms with Crippen molar-refractivity contribution < 1.29 is 0 Å². The van der Waals surface area contributed by atoms with Gasteiger partial charge in [-0.2, -0.15) is 5.10 Å². The number of hydrogen-bond donors (Lipinski definition) is 0. The molecule has 0 amide bonds. The minimum atomic E-state index is 0.937. The molecule has 0 radical (unpaired) electrons. The number of rotatable bonds is 8. The number of aromatic nitrogens is 3. The van der Waals surface area contributed by atoms with Gasteiger partial charge in [0.2, 0.25) is 0 Å². The summed E-state index contributed by atoms with van der Waals surface area (Å²) in [5.74, 6) is 0. The number of pyridine rings is 2. The SMILES string of the molecule is c1ccc(-c2ccc(-c3cc(-c4cccc(-c5ccc6cc(-c7ccccc7)n7nc(-c8ccccc8)c(-c8ccccc8)c7c6c5)c4)cc(-c4ccccc4)n3)cc2)cc1. The molecule has 3 nitrogen and oxygen atoms in total. The highest BCUT2D eigenvalue weighted by atomic mass is 15.2. The van der Waals surface area contributed by atoms with Crippen LogP contribution in [0.5, 0.6) is 0 Å². The maximum Gasteiger partial charge on any atom is 0.101 e. The molecule has 0 aliphatic carbocycles. The standard InChI is InChI=1S/C58H39N3/c1-6-17-40(18-7-1)41-29-31-43(32-30-41)54-38-51(37-53(59-54)42-19-8-2-9-20-42)48-28-16-27-47(35-48)49-33-34-50-39-55(44-21-10-3-11-22-44)61-58(52(50)36-49)56(45-23-12-4-13-24-45)57(60-61)46-25-14-5-15-26-46/h1-39H. The Morgan fingerprint density at radius 3 is 1.36 bits per heavy atom. The predicted molar refractivity (Wildman–Crippen MR) is 254 cm³/mol. The van der Waals surface area contributed by atoms with Crippen molar-refractivity contribution in [2.24, 2.45) is 0 Å². The molecule has 61 heavy (non-hydrogen) atoms. The molecule has 0 aliphatic rings. The van der Waals surface area contributed by atoms with Crippen LogP contribution in [0.1, 0.15) is 0 Å². The van der Waals surface area contributed by atoms with E-state index in [1.807, 2.05) is 0 Å². The monoisotopic (exact) mass is 777 g/mol. The fourth-order valence-electron chi connectivity index (χ4n) is 8.55. The number of benzene rings is 8. The van der Waals surface area contributed by atoms with E-state index in [0.717, 1.165) is 94.7 Å². The van der Waals surface area contributed by atoms with Gasteiger partial charge >= 0.3 is 0 Å². The van der Waals surface area contributed by atoms with Crippen molar-refractivity contribution in [1.82, 2.24) is 14.6 Å². The van der Waals surface area contributed by atoms with Gasteiger partial charge in [0.15, 0.2) is 0 Å². The average Bonchev–Trinajstić information content (AvgIpc) is 3.76. The minimum absolute atomic E-state index is 0.937. The van der Waals surface area contributed by atoms with Gasteiger partial charge in [-0.25, -0.2) is 9.50 Å². The van der Waals surface area contributed by atoms with Crippen LogP contribution in [0, 0.1) is 0 Å². The second kappa shape index (κ2) is 15.6. The third-order valence-corrected chi connectivity index (χ3v) is 11.6. The Morgan fingerprint density at radius 2 is 0.738 bits per heavy atom. The molecule has 0 saturated heterocycles. The van der Waals surface area contributed by atoms with Crippen LogP contribution in [0.3, 0.4) is 0 Å². The maximum absolute atomic E-state index is 5.44. The van der Waals surface area contributed by atoms with Crippen molar-refractivity contribution in [3.8, 4) is 89.5 Å². The Balaban J connectivity index is 1.08. The van der Waals surface area contributed by atoms with Crippen LogP contribution in [0.25, 0.3) is 106 Å². The zero-order chi connectivity index (χ0) is 40.5. The summed E-state index contributed by atoms with van der Waals surface area (Å²) in [6.45, 7) is 0. The number of nitrogens with zero attached hydrogens (tertiary/aromatic N) is 3. The lowest BCUT2D eigenvalue weighted by Gasteiger charge is -2.14. The fourth-order valence-corrected chi connectivity index (χ4v) is 8.55. The normalized spacial score (nSPS) is 11.3. The zero-order valence-electron chi connectivity index (χ0n) is 33.4. The largest absolute Gasteiger partial charge is 0.248 e. The third-order valence-electron chi connectivity index (χ3n) is 11.6. The van der Waals surface area contributed by atoms with E-state index < -0.39 is 0 Å². The third kappa shape index (κ3) is 6.88. The zero-order valence-corrected chi connectivity index (χ0v) is 33.4. The van der Waals surface area contributed by atoms with E-state index in [-0.39, 0.29) is 0 Å². The highest BCUT2D eigenvalue weighted by Crippen LogP contribution is 2.42. The Kier molecular flexibility index (Phi) is 9.18. The maximum atomic E-state index is 5.44. The van der Waals surface area contributed by atoms with E-state index >= 15 is 0 Å². The lowest BCUT2D eigenvalue weighted by atomic mass is 9.93. The first-order valence-corrected chi connectivity index (χ1v) is 20.7. The Morgan fingerprint density at radius 1 is 0.295 bits per heavy atom. The second-order valence-electron chi connectivity index (χ2n) is 15.4. The van der Waals surface area contributed by atoms with Gasteiger partial charge in [0, 0.05) is 33.2 Å². The number of hydrogen-bond acceptors (Lipinski definition) is 2. The highest BCUT2D eigenvalue weighted by molar-refractivity contribution is 6.09. The average molecular weight is 778 g/mol. The molecule has 3 heteroatoms. The lowest BCUT2D eigenvalue weighted by molar-refractivity contribution is 0.979. The van der Waals surface area contributed by atoms with Gasteiger partial charge in [0.05, 0.1) is 22.6 Å². The van der Waals surface area contributed by atoms with E-state index in [1.54, 1.807) is 0 Å². The van der Waals surface area contributed by atoms with Crippen LogP contribution in [0.4, 0.5) is 0 Å². The summed E-state index contributed by atoms with van der Waals surface area (Å²) >= 11 is 0. The van der Waals surface area contributed by atoms with Crippen molar-refractivity contribution >= 4 is 16.3 Å². The fraction of sp³-hybridized carbons (Fsp3) is 0. The van der Waals surface area contributed by atoms with E-state index in [1.165, 1.54) is 11.1 Å². The molecule has 0 fully saturated rings. The Hall–Kier alpha value is -8.14. The van der Waals surface area contributed by atoms with Gasteiger partial charge in [-0.3, -0.25) is 0 Å². The van der Waals surface area contributed by atoms with E-state index in [4.69, 9.17) is 10.1 Å². The first-order valence-electron chi connectivity index (χ1n) is 20.7. The Bertz CT molecular complexity index is 3300. The summed E-state index contributed by atoms with van der Waals surface area (Å²) in [6, 6.07) is 84.0. The molecule has 3 heterocycles. The van der Waals surface area contributed by atoms with Gasteiger partial charge < -0.3 is 0 Å². The second-order valence-corrected chi connectivity index (χ2v) is 15.4. The minimum Gasteiger partial charge on any atom is -0.248 e. The van der Waals surface area contributed by atoms with Gasteiger partial charge in [-0.05, 0) is 74.7 Å². The van der Waals surface area contributed by atoms with Crippen LogP contribution in [0.15, 0.2) is 237 Å². The molecular weight excluding hydrogens is 739 g/mol. The molecule has 0 aliphatic heterocycles. The van der Waals surface area contributed by atoms with Crippen molar-refractivity contribution in [3.63, 3.8) is 0 Å². The summed E-state index contributed by atoms with van der Waals surface area (Å²) in [4.78, 5) is 5.22. The topological polar surface area (TPSA) is 30.2 Å². The van der Waals surface area contributed by atoms with Crippen molar-refractivity contribution in [2.45, 2.75) is 0 Å². The van der Waals surface area contributed by atoms with E-state index in [2.05, 4.69) is 241 Å². The smallest absolute Gasteiger partial charge is 0.101 e. The first kappa shape index (κ1) is 36.0. The molecule has 11 aromatic rings. The molecule has 3 aromatic heterocycles. The van der Waals surface area contributed by atoms with Crippen molar-refractivity contribution in [3.05, 3.63) is 237 Å². The van der Waals surface area contributed by atoms with Gasteiger partial charge in [-0.15, -0.1) is 0 Å². The summed E-state index contributed by atoms with van der Waals surface area (Å²) in [6.07, 6.45) is 0. The molecule has 8 aromatic carbocycles. The van der Waals surface area contributed by atoms with Crippen molar-refractivity contribution in [2.75, 3.05) is 0 Å². The van der Waals surface area contributed by atoms with Gasteiger partial charge in [0.25, 0.3) is 0 Å². The van der Waals surface area contributed by atoms with Crippen LogP contribution in [-0.2, 0) is 0 Å². The predicted octanol–water partition coefficient (Wildman–Crippen LogP) is 15.2. The highest BCUT2D eigenvalue weighted by Gasteiger charge is 2.22. The molecule has 286 valence electrons. The summed E-state index contributed by atoms with van der Waals surface area (Å²) in [7, 11) is 0. The summed E-state index contributed by atoms with van der Waals surface area (Å²) in [5.41, 5.74) is 18.5. The van der Waals surface area contributed by atoms with Gasteiger partial charge in [-0.1, -0.05) is 206 Å². The molecule has 0 saturated carbocycles. The van der Waals surface area contributed by atoms with Crippen LogP contribution < -0.4 is 0 Å². The summed E-state index contributed by atoms with van der Waals surface area (Å²) in [5, 5.41) is 7.74. The molecule has 0 atom stereocenters. The first-order chi connectivity index (χ1) is 30.2. The molecule has 0 unspecified atom stereocenters. The molecule has 0 bridgehead atoms. The quantitative estimate of drug-likeness (QED) is 0.154. The molecule has 11 rings (SSSR count). The van der Waals surface area contributed by atoms with Crippen LogP contribution >= 0.6 is 0 Å². The van der Waals surface area contributed by atoms with Crippen LogP contribution in [-0.4, -0.2) is 14.6 Å². The number of fused-ring (bicyclic) bond motifs is 3. The molecule has 0 N–H and O–H groups in total. The summed E-state index contributed by atoms with van der Waals surface area (Å²) < 4.78 is 2.17. The van der Waals surface area contributed by atoms with E-state index in [0.29, 0.717) is 0 Å². The van der Waals surface area contributed by atoms with E-state index in [9.17, 15) is 0 Å². The Labute approximate surface area is 355 Å². The van der Waals surface area contributed by atoms with Crippen molar-refractivity contribution in [1.29, 1.82) is 0 Å².